The van der Waals surface area contributed by atoms with Crippen LogP contribution in [-0.4, -0.2) is 29.8 Å². The van der Waals surface area contributed by atoms with Crippen LogP contribution >= 0.6 is 23.2 Å². The highest BCUT2D eigenvalue weighted by atomic mass is 35.5. The van der Waals surface area contributed by atoms with Gasteiger partial charge < -0.3 is 15.2 Å². The second-order valence-electron chi connectivity index (χ2n) is 5.20. The van der Waals surface area contributed by atoms with E-state index in [1.54, 1.807) is 18.2 Å². The smallest absolute Gasteiger partial charge is 0.223 e. The summed E-state index contributed by atoms with van der Waals surface area (Å²) in [7, 11) is 0. The van der Waals surface area contributed by atoms with Crippen LogP contribution in [0.1, 0.15) is 32.1 Å². The van der Waals surface area contributed by atoms with E-state index < -0.39 is 6.10 Å². The monoisotopic (exact) mass is 331 g/mol. The van der Waals surface area contributed by atoms with Gasteiger partial charge in [-0.25, -0.2) is 0 Å². The van der Waals surface area contributed by atoms with E-state index in [9.17, 15) is 9.90 Å². The van der Waals surface area contributed by atoms with E-state index in [1.807, 2.05) is 0 Å². The summed E-state index contributed by atoms with van der Waals surface area (Å²) in [5.74, 6) is 0.468. The number of aliphatic hydroxyl groups excluding tert-OH is 1. The summed E-state index contributed by atoms with van der Waals surface area (Å²) in [4.78, 5) is 11.8. The van der Waals surface area contributed by atoms with Gasteiger partial charge in [0.15, 0.2) is 0 Å². The first-order valence-corrected chi connectivity index (χ1v) is 7.87. The minimum Gasteiger partial charge on any atom is -0.493 e. The van der Waals surface area contributed by atoms with Crippen LogP contribution in [0.25, 0.3) is 0 Å². The van der Waals surface area contributed by atoms with E-state index in [-0.39, 0.29) is 25.0 Å². The zero-order valence-electron chi connectivity index (χ0n) is 11.6. The number of benzene rings is 1. The molecule has 2 atom stereocenters. The van der Waals surface area contributed by atoms with E-state index >= 15 is 0 Å². The number of halogens is 2. The molecule has 1 aliphatic carbocycles. The van der Waals surface area contributed by atoms with Crippen molar-refractivity contribution in [2.45, 2.75) is 44.2 Å². The first-order valence-electron chi connectivity index (χ1n) is 7.11. The highest BCUT2D eigenvalue weighted by Crippen LogP contribution is 2.26. The van der Waals surface area contributed by atoms with Crippen molar-refractivity contribution in [1.82, 2.24) is 5.32 Å². The number of carbonyl (C=O) groups excluding carboxylic acids is 1. The van der Waals surface area contributed by atoms with Crippen molar-refractivity contribution in [2.75, 3.05) is 6.61 Å². The normalized spacial score (nSPS) is 21.9. The quantitative estimate of drug-likeness (QED) is 0.871. The van der Waals surface area contributed by atoms with Gasteiger partial charge in [0.2, 0.25) is 5.91 Å². The Hall–Kier alpha value is -0.970. The van der Waals surface area contributed by atoms with Crippen molar-refractivity contribution in [1.29, 1.82) is 0 Å². The van der Waals surface area contributed by atoms with Crippen LogP contribution in [0.5, 0.6) is 5.75 Å². The molecule has 0 aromatic heterocycles. The van der Waals surface area contributed by atoms with Crippen molar-refractivity contribution in [3.63, 3.8) is 0 Å². The van der Waals surface area contributed by atoms with Crippen molar-refractivity contribution in [3.8, 4) is 5.75 Å². The van der Waals surface area contributed by atoms with E-state index in [2.05, 4.69) is 5.32 Å². The number of hydrogen-bond donors (Lipinski definition) is 2. The first kappa shape index (κ1) is 16.4. The van der Waals surface area contributed by atoms with Crippen LogP contribution in [0.3, 0.4) is 0 Å². The Labute approximate surface area is 134 Å². The molecule has 21 heavy (non-hydrogen) atoms. The largest absolute Gasteiger partial charge is 0.493 e. The van der Waals surface area contributed by atoms with E-state index in [0.717, 1.165) is 25.7 Å². The lowest BCUT2D eigenvalue weighted by Gasteiger charge is -2.28. The van der Waals surface area contributed by atoms with Gasteiger partial charge in [0.1, 0.15) is 5.75 Å². The molecule has 0 heterocycles. The molecule has 0 aliphatic heterocycles. The molecule has 6 heteroatoms. The second-order valence-corrected chi connectivity index (χ2v) is 6.01. The van der Waals surface area contributed by atoms with E-state index in [0.29, 0.717) is 15.8 Å². The minimum atomic E-state index is -0.432. The average molecular weight is 332 g/mol. The first-order chi connectivity index (χ1) is 10.1. The Balaban J connectivity index is 1.72. The van der Waals surface area contributed by atoms with Crippen LogP contribution in [0, 0.1) is 0 Å². The summed E-state index contributed by atoms with van der Waals surface area (Å²) < 4.78 is 5.46. The molecule has 0 bridgehead atoms. The van der Waals surface area contributed by atoms with Crippen LogP contribution < -0.4 is 10.1 Å². The third kappa shape index (κ3) is 5.06. The topological polar surface area (TPSA) is 58.6 Å². The third-order valence-corrected chi connectivity index (χ3v) is 4.30. The molecule has 1 aliphatic rings. The highest BCUT2D eigenvalue weighted by molar-refractivity contribution is 6.42. The predicted molar refractivity (Wildman–Crippen MR) is 83.0 cm³/mol. The molecule has 1 aromatic carbocycles. The fourth-order valence-corrected chi connectivity index (χ4v) is 2.67. The molecule has 116 valence electrons. The number of nitrogens with one attached hydrogen (secondary N) is 1. The Morgan fingerprint density at radius 3 is 2.76 bits per heavy atom. The summed E-state index contributed by atoms with van der Waals surface area (Å²) in [6.45, 7) is 0.257. The summed E-state index contributed by atoms with van der Waals surface area (Å²) >= 11 is 11.7. The van der Waals surface area contributed by atoms with Crippen LogP contribution in [0.2, 0.25) is 10.0 Å². The maximum atomic E-state index is 11.8. The molecule has 2 N–H and O–H groups in total. The van der Waals surface area contributed by atoms with Gasteiger partial charge in [-0.3, -0.25) is 4.79 Å². The van der Waals surface area contributed by atoms with Gasteiger partial charge in [-0.2, -0.15) is 0 Å². The number of aliphatic hydroxyl groups is 1. The lowest BCUT2D eigenvalue weighted by Crippen LogP contribution is -2.45. The Morgan fingerprint density at radius 2 is 2.05 bits per heavy atom. The molecule has 1 amide bonds. The third-order valence-electron chi connectivity index (χ3n) is 3.56. The van der Waals surface area contributed by atoms with Crippen molar-refractivity contribution >= 4 is 29.1 Å². The molecule has 2 rings (SSSR count). The standard InChI is InChI=1S/C15H19Cl2NO3/c16-11-6-5-10(9-12(11)17)21-8-7-15(20)18-13-3-1-2-4-14(13)19/h5-6,9,13-14,19H,1-4,7-8H2,(H,18,20). The molecule has 2 unspecified atom stereocenters. The molecule has 0 spiro atoms. The molecule has 1 aromatic rings. The van der Waals surface area contributed by atoms with Gasteiger partial charge in [-0.05, 0) is 25.0 Å². The highest BCUT2D eigenvalue weighted by Gasteiger charge is 2.24. The van der Waals surface area contributed by atoms with Gasteiger partial charge >= 0.3 is 0 Å². The molecule has 0 radical (unpaired) electrons. The van der Waals surface area contributed by atoms with Gasteiger partial charge in [0.05, 0.1) is 35.2 Å². The summed E-state index contributed by atoms with van der Waals surface area (Å²) in [5, 5.41) is 13.6. The maximum absolute atomic E-state index is 11.8. The lowest BCUT2D eigenvalue weighted by atomic mass is 9.92. The van der Waals surface area contributed by atoms with Gasteiger partial charge in [0.25, 0.3) is 0 Å². The fourth-order valence-electron chi connectivity index (χ4n) is 2.39. The summed E-state index contributed by atoms with van der Waals surface area (Å²) in [5.41, 5.74) is 0. The van der Waals surface area contributed by atoms with Crippen LogP contribution in [-0.2, 0) is 4.79 Å². The Morgan fingerprint density at radius 1 is 1.29 bits per heavy atom. The van der Waals surface area contributed by atoms with Gasteiger partial charge in [-0.15, -0.1) is 0 Å². The van der Waals surface area contributed by atoms with Crippen LogP contribution in [0.15, 0.2) is 18.2 Å². The fraction of sp³-hybridized carbons (Fsp3) is 0.533. The number of ether oxygens (including phenoxy) is 1. The average Bonchev–Trinajstić information content (AvgIpc) is 2.45. The molecule has 4 nitrogen and oxygen atoms in total. The second kappa shape index (κ2) is 7.87. The lowest BCUT2D eigenvalue weighted by molar-refractivity contribution is -0.123. The Bertz CT molecular complexity index is 496. The number of amides is 1. The van der Waals surface area contributed by atoms with Crippen LogP contribution in [0.4, 0.5) is 0 Å². The number of carbonyl (C=O) groups is 1. The number of rotatable bonds is 5. The summed E-state index contributed by atoms with van der Waals surface area (Å²) in [6.07, 6.45) is 3.46. The van der Waals surface area contributed by atoms with Gasteiger partial charge in [0, 0.05) is 6.07 Å². The van der Waals surface area contributed by atoms with Crippen molar-refractivity contribution < 1.29 is 14.6 Å². The van der Waals surface area contributed by atoms with Gasteiger partial charge in [-0.1, -0.05) is 36.0 Å². The molecule has 1 saturated carbocycles. The molecule has 0 saturated heterocycles. The molecular formula is C15H19Cl2NO3. The van der Waals surface area contributed by atoms with E-state index in [1.165, 1.54) is 0 Å². The van der Waals surface area contributed by atoms with Crippen molar-refractivity contribution in [3.05, 3.63) is 28.2 Å². The number of hydrogen-bond acceptors (Lipinski definition) is 3. The predicted octanol–water partition coefficient (Wildman–Crippen LogP) is 3.18. The summed E-state index contributed by atoms with van der Waals surface area (Å²) in [6, 6.07) is 4.85. The maximum Gasteiger partial charge on any atom is 0.223 e. The molecule has 1 fully saturated rings. The zero-order valence-corrected chi connectivity index (χ0v) is 13.2. The minimum absolute atomic E-state index is 0.110. The van der Waals surface area contributed by atoms with E-state index in [4.69, 9.17) is 27.9 Å². The molecular weight excluding hydrogens is 313 g/mol. The SMILES string of the molecule is O=C(CCOc1ccc(Cl)c(Cl)c1)NC1CCCCC1O. The van der Waals surface area contributed by atoms with Crippen molar-refractivity contribution in [2.24, 2.45) is 0 Å². The Kier molecular flexibility index (Phi) is 6.15. The zero-order chi connectivity index (χ0) is 15.2.